The van der Waals surface area contributed by atoms with Crippen LogP contribution in [0.15, 0.2) is 36.9 Å². The molecule has 2 rings (SSSR count). The molecule has 4 nitrogen and oxygen atoms in total. The van der Waals surface area contributed by atoms with Crippen molar-refractivity contribution in [3.63, 3.8) is 0 Å². The lowest BCUT2D eigenvalue weighted by Gasteiger charge is -2.11. The molecule has 2 N–H and O–H groups in total. The van der Waals surface area contributed by atoms with Crippen LogP contribution in [0.1, 0.15) is 18.5 Å². The average molecular weight is 188 g/mol. The van der Waals surface area contributed by atoms with E-state index in [1.54, 1.807) is 11.0 Å². The van der Waals surface area contributed by atoms with E-state index >= 15 is 0 Å². The fraction of sp³-hybridized carbons (Fsp3) is 0.200. The summed E-state index contributed by atoms with van der Waals surface area (Å²) in [5, 5.41) is 4.08. The predicted molar refractivity (Wildman–Crippen MR) is 54.0 cm³/mol. The Hall–Kier alpha value is -1.68. The fourth-order valence-electron chi connectivity index (χ4n) is 1.41. The quantitative estimate of drug-likeness (QED) is 0.772. The van der Waals surface area contributed by atoms with Crippen LogP contribution in [0.5, 0.6) is 0 Å². The van der Waals surface area contributed by atoms with Crippen LogP contribution in [-0.2, 0) is 0 Å². The molecule has 1 aromatic carbocycles. The highest BCUT2D eigenvalue weighted by Crippen LogP contribution is 2.18. The molecular weight excluding hydrogens is 176 g/mol. The molecule has 0 spiro atoms. The van der Waals surface area contributed by atoms with Gasteiger partial charge in [-0.2, -0.15) is 5.10 Å². The molecule has 1 heterocycles. The second-order valence-electron chi connectivity index (χ2n) is 3.19. The van der Waals surface area contributed by atoms with Crippen molar-refractivity contribution in [1.29, 1.82) is 0 Å². The molecule has 0 unspecified atom stereocenters. The molecule has 0 saturated carbocycles. The van der Waals surface area contributed by atoms with Gasteiger partial charge in [-0.3, -0.25) is 0 Å². The van der Waals surface area contributed by atoms with E-state index in [1.165, 1.54) is 6.33 Å². The van der Waals surface area contributed by atoms with Crippen LogP contribution in [0, 0.1) is 0 Å². The standard InChI is InChI=1S/C10H12N4/c1-8(11)9-4-2-3-5-10(9)14-7-12-6-13-14/h2-8H,11H2,1H3/t8-/m1/s1. The first-order chi connectivity index (χ1) is 6.79. The molecule has 72 valence electrons. The van der Waals surface area contributed by atoms with Gasteiger partial charge in [0.15, 0.2) is 0 Å². The summed E-state index contributed by atoms with van der Waals surface area (Å²) >= 11 is 0. The second-order valence-corrected chi connectivity index (χ2v) is 3.19. The molecule has 1 atom stereocenters. The highest BCUT2D eigenvalue weighted by atomic mass is 15.3. The third-order valence-corrected chi connectivity index (χ3v) is 2.09. The topological polar surface area (TPSA) is 56.7 Å². The van der Waals surface area contributed by atoms with Gasteiger partial charge in [-0.25, -0.2) is 9.67 Å². The van der Waals surface area contributed by atoms with Gasteiger partial charge in [0.05, 0.1) is 5.69 Å². The van der Waals surface area contributed by atoms with Crippen molar-refractivity contribution in [1.82, 2.24) is 14.8 Å². The van der Waals surface area contributed by atoms with Crippen molar-refractivity contribution >= 4 is 0 Å². The second kappa shape index (κ2) is 3.59. The van der Waals surface area contributed by atoms with Gasteiger partial charge in [-0.05, 0) is 18.6 Å². The van der Waals surface area contributed by atoms with E-state index in [0.29, 0.717) is 0 Å². The summed E-state index contributed by atoms with van der Waals surface area (Å²) in [6, 6.07) is 7.91. The Labute approximate surface area is 82.4 Å². The zero-order valence-corrected chi connectivity index (χ0v) is 7.96. The number of benzene rings is 1. The Balaban J connectivity index is 2.53. The summed E-state index contributed by atoms with van der Waals surface area (Å²) in [4.78, 5) is 3.91. The lowest BCUT2D eigenvalue weighted by molar-refractivity contribution is 0.780. The molecule has 2 aromatic rings. The Bertz CT molecular complexity index is 406. The van der Waals surface area contributed by atoms with E-state index in [4.69, 9.17) is 5.73 Å². The summed E-state index contributed by atoms with van der Waals surface area (Å²) in [5.74, 6) is 0. The number of aromatic nitrogens is 3. The summed E-state index contributed by atoms with van der Waals surface area (Å²) < 4.78 is 1.72. The van der Waals surface area contributed by atoms with Crippen LogP contribution in [0.25, 0.3) is 5.69 Å². The maximum Gasteiger partial charge on any atom is 0.138 e. The lowest BCUT2D eigenvalue weighted by Crippen LogP contribution is -2.09. The third kappa shape index (κ3) is 1.52. The number of hydrogen-bond donors (Lipinski definition) is 1. The van der Waals surface area contributed by atoms with Gasteiger partial charge < -0.3 is 5.73 Å². The van der Waals surface area contributed by atoms with Crippen LogP contribution in [0.4, 0.5) is 0 Å². The minimum Gasteiger partial charge on any atom is -0.324 e. The number of rotatable bonds is 2. The molecule has 0 radical (unpaired) electrons. The van der Waals surface area contributed by atoms with Crippen molar-refractivity contribution in [3.8, 4) is 5.69 Å². The van der Waals surface area contributed by atoms with E-state index in [1.807, 2.05) is 31.2 Å². The molecule has 0 saturated heterocycles. The lowest BCUT2D eigenvalue weighted by atomic mass is 10.1. The fourth-order valence-corrected chi connectivity index (χ4v) is 1.41. The smallest absolute Gasteiger partial charge is 0.138 e. The number of para-hydroxylation sites is 1. The Morgan fingerprint density at radius 3 is 2.79 bits per heavy atom. The highest BCUT2D eigenvalue weighted by Gasteiger charge is 2.07. The first-order valence-corrected chi connectivity index (χ1v) is 4.48. The predicted octanol–water partition coefficient (Wildman–Crippen LogP) is 1.29. The largest absolute Gasteiger partial charge is 0.324 e. The Morgan fingerprint density at radius 2 is 2.14 bits per heavy atom. The molecule has 0 fully saturated rings. The normalized spacial score (nSPS) is 12.7. The number of hydrogen-bond acceptors (Lipinski definition) is 3. The maximum absolute atomic E-state index is 5.86. The molecule has 1 aromatic heterocycles. The molecular formula is C10H12N4. The van der Waals surface area contributed by atoms with Crippen molar-refractivity contribution < 1.29 is 0 Å². The summed E-state index contributed by atoms with van der Waals surface area (Å²) in [6.07, 6.45) is 3.18. The first-order valence-electron chi connectivity index (χ1n) is 4.48. The summed E-state index contributed by atoms with van der Waals surface area (Å²) in [5.41, 5.74) is 7.91. The average Bonchev–Trinajstić information content (AvgIpc) is 2.70. The van der Waals surface area contributed by atoms with Crippen LogP contribution >= 0.6 is 0 Å². The minimum atomic E-state index is -0.00426. The Morgan fingerprint density at radius 1 is 1.36 bits per heavy atom. The SMILES string of the molecule is C[C@@H](N)c1ccccc1-n1cncn1. The molecule has 0 aliphatic heterocycles. The summed E-state index contributed by atoms with van der Waals surface area (Å²) in [6.45, 7) is 1.95. The molecule has 14 heavy (non-hydrogen) atoms. The van der Waals surface area contributed by atoms with Crippen molar-refractivity contribution in [2.45, 2.75) is 13.0 Å². The van der Waals surface area contributed by atoms with Crippen molar-refractivity contribution in [2.24, 2.45) is 5.73 Å². The first kappa shape index (κ1) is 8.90. The van der Waals surface area contributed by atoms with Gasteiger partial charge in [0.2, 0.25) is 0 Å². The van der Waals surface area contributed by atoms with E-state index in [9.17, 15) is 0 Å². The monoisotopic (exact) mass is 188 g/mol. The van der Waals surface area contributed by atoms with Crippen molar-refractivity contribution in [2.75, 3.05) is 0 Å². The van der Waals surface area contributed by atoms with Gasteiger partial charge in [0.25, 0.3) is 0 Å². The van der Waals surface area contributed by atoms with Crippen molar-refractivity contribution in [3.05, 3.63) is 42.5 Å². The minimum absolute atomic E-state index is 0.00426. The molecule has 0 aliphatic carbocycles. The summed E-state index contributed by atoms with van der Waals surface area (Å²) in [7, 11) is 0. The van der Waals surface area contributed by atoms with E-state index in [0.717, 1.165) is 11.3 Å². The molecule has 0 bridgehead atoms. The molecule has 0 amide bonds. The van der Waals surface area contributed by atoms with E-state index in [-0.39, 0.29) is 6.04 Å². The van der Waals surface area contributed by atoms with Gasteiger partial charge in [-0.1, -0.05) is 18.2 Å². The Kier molecular flexibility index (Phi) is 2.28. The van der Waals surface area contributed by atoms with Gasteiger partial charge in [0, 0.05) is 6.04 Å². The zero-order chi connectivity index (χ0) is 9.97. The van der Waals surface area contributed by atoms with E-state index in [2.05, 4.69) is 10.1 Å². The van der Waals surface area contributed by atoms with Gasteiger partial charge in [0.1, 0.15) is 12.7 Å². The third-order valence-electron chi connectivity index (χ3n) is 2.09. The van der Waals surface area contributed by atoms with Crippen LogP contribution in [0.2, 0.25) is 0 Å². The van der Waals surface area contributed by atoms with Crippen LogP contribution < -0.4 is 5.73 Å². The van der Waals surface area contributed by atoms with Gasteiger partial charge >= 0.3 is 0 Å². The zero-order valence-electron chi connectivity index (χ0n) is 7.96. The molecule has 4 heteroatoms. The van der Waals surface area contributed by atoms with Crippen LogP contribution in [0.3, 0.4) is 0 Å². The van der Waals surface area contributed by atoms with Crippen LogP contribution in [-0.4, -0.2) is 14.8 Å². The number of nitrogens with zero attached hydrogens (tertiary/aromatic N) is 3. The highest BCUT2D eigenvalue weighted by molar-refractivity contribution is 5.41. The van der Waals surface area contributed by atoms with E-state index < -0.39 is 0 Å². The maximum atomic E-state index is 5.86. The number of nitrogens with two attached hydrogens (primary N) is 1. The molecule has 0 aliphatic rings. The van der Waals surface area contributed by atoms with Gasteiger partial charge in [-0.15, -0.1) is 0 Å².